The lowest BCUT2D eigenvalue weighted by atomic mass is 10.1. The molecule has 0 saturated carbocycles. The van der Waals surface area contributed by atoms with E-state index in [2.05, 4.69) is 10.3 Å². The molecule has 1 aliphatic rings. The van der Waals surface area contributed by atoms with Gasteiger partial charge in [-0.3, -0.25) is 4.79 Å². The van der Waals surface area contributed by atoms with Gasteiger partial charge in [-0.1, -0.05) is 0 Å². The van der Waals surface area contributed by atoms with Gasteiger partial charge in [0.25, 0.3) is 0 Å². The number of carbonyl (C=O) groups is 1. The Kier molecular flexibility index (Phi) is 4.03. The average Bonchev–Trinajstić information content (AvgIpc) is 3.11. The van der Waals surface area contributed by atoms with Gasteiger partial charge in [0.1, 0.15) is 0 Å². The van der Waals surface area contributed by atoms with Crippen molar-refractivity contribution in [1.29, 1.82) is 0 Å². The van der Waals surface area contributed by atoms with Gasteiger partial charge in [-0.2, -0.15) is 0 Å². The van der Waals surface area contributed by atoms with E-state index >= 15 is 0 Å². The number of hydrogen-bond acceptors (Lipinski definition) is 6. The van der Waals surface area contributed by atoms with Crippen LogP contribution in [0.3, 0.4) is 0 Å². The summed E-state index contributed by atoms with van der Waals surface area (Å²) in [5.41, 5.74) is 1.88. The number of nitrogens with zero attached hydrogens (tertiary/aromatic N) is 1. The van der Waals surface area contributed by atoms with Gasteiger partial charge >= 0.3 is 5.97 Å². The molecule has 7 heteroatoms. The number of ether oxygens (including phenoxy) is 2. The number of carboxylic acid groups (broad SMARTS) is 1. The zero-order valence-corrected chi connectivity index (χ0v) is 12.0. The van der Waals surface area contributed by atoms with Crippen molar-refractivity contribution in [2.24, 2.45) is 0 Å². The molecule has 0 amide bonds. The van der Waals surface area contributed by atoms with Crippen LogP contribution in [0, 0.1) is 0 Å². The first-order chi connectivity index (χ1) is 10.2. The SMILES string of the molecule is O=C(O)CNCCc1nc(-c2ccc3c(c2)OCO3)cs1. The van der Waals surface area contributed by atoms with Crippen molar-refractivity contribution >= 4 is 17.3 Å². The Morgan fingerprint density at radius 3 is 3.10 bits per heavy atom. The molecule has 0 radical (unpaired) electrons. The summed E-state index contributed by atoms with van der Waals surface area (Å²) in [6.07, 6.45) is 0.711. The first-order valence-corrected chi connectivity index (χ1v) is 7.37. The molecule has 3 rings (SSSR count). The highest BCUT2D eigenvalue weighted by atomic mass is 32.1. The van der Waals surface area contributed by atoms with E-state index in [1.54, 1.807) is 11.3 Å². The van der Waals surface area contributed by atoms with Crippen molar-refractivity contribution in [2.75, 3.05) is 19.9 Å². The maximum absolute atomic E-state index is 10.4. The molecule has 2 N–H and O–H groups in total. The van der Waals surface area contributed by atoms with Crippen LogP contribution in [0.2, 0.25) is 0 Å². The van der Waals surface area contributed by atoms with Gasteiger partial charge in [0, 0.05) is 23.9 Å². The quantitative estimate of drug-likeness (QED) is 0.792. The van der Waals surface area contributed by atoms with Gasteiger partial charge in [-0.25, -0.2) is 4.98 Å². The molecule has 0 atom stereocenters. The molecular weight excluding hydrogens is 292 g/mol. The summed E-state index contributed by atoms with van der Waals surface area (Å²) < 4.78 is 10.6. The number of nitrogens with one attached hydrogen (secondary N) is 1. The van der Waals surface area contributed by atoms with Gasteiger partial charge in [0.05, 0.1) is 17.2 Å². The summed E-state index contributed by atoms with van der Waals surface area (Å²) in [6.45, 7) is 0.830. The largest absolute Gasteiger partial charge is 0.480 e. The first kappa shape index (κ1) is 13.8. The molecule has 2 heterocycles. The molecule has 0 bridgehead atoms. The van der Waals surface area contributed by atoms with Crippen LogP contribution < -0.4 is 14.8 Å². The molecule has 110 valence electrons. The van der Waals surface area contributed by atoms with E-state index in [9.17, 15) is 4.79 Å². The van der Waals surface area contributed by atoms with Crippen molar-refractivity contribution in [3.05, 3.63) is 28.6 Å². The number of carboxylic acids is 1. The van der Waals surface area contributed by atoms with Crippen molar-refractivity contribution in [3.8, 4) is 22.8 Å². The number of hydrogen-bond donors (Lipinski definition) is 2. The van der Waals surface area contributed by atoms with E-state index < -0.39 is 5.97 Å². The third kappa shape index (κ3) is 3.32. The van der Waals surface area contributed by atoms with Gasteiger partial charge in [0.2, 0.25) is 6.79 Å². The summed E-state index contributed by atoms with van der Waals surface area (Å²) >= 11 is 1.57. The van der Waals surface area contributed by atoms with Crippen LogP contribution in [0.1, 0.15) is 5.01 Å². The normalized spacial score (nSPS) is 12.6. The number of fused-ring (bicyclic) bond motifs is 1. The third-order valence-corrected chi connectivity index (χ3v) is 3.92. The Morgan fingerprint density at radius 2 is 2.24 bits per heavy atom. The zero-order valence-electron chi connectivity index (χ0n) is 11.2. The Hall–Kier alpha value is -2.12. The average molecular weight is 306 g/mol. The highest BCUT2D eigenvalue weighted by Gasteiger charge is 2.15. The minimum absolute atomic E-state index is 0.0274. The van der Waals surface area contributed by atoms with E-state index in [-0.39, 0.29) is 13.3 Å². The fourth-order valence-corrected chi connectivity index (χ4v) is 2.81. The molecule has 0 unspecified atom stereocenters. The summed E-state index contributed by atoms with van der Waals surface area (Å²) in [7, 11) is 0. The van der Waals surface area contributed by atoms with Crippen molar-refractivity contribution in [1.82, 2.24) is 10.3 Å². The standard InChI is InChI=1S/C14H14N2O4S/c17-14(18)6-15-4-3-13-16-10(7-21-13)9-1-2-11-12(5-9)20-8-19-11/h1-2,5,7,15H,3-4,6,8H2,(H,17,18). The predicted molar refractivity (Wildman–Crippen MR) is 77.9 cm³/mol. The van der Waals surface area contributed by atoms with Crippen molar-refractivity contribution in [3.63, 3.8) is 0 Å². The van der Waals surface area contributed by atoms with E-state index in [0.717, 1.165) is 27.8 Å². The van der Waals surface area contributed by atoms with Crippen LogP contribution >= 0.6 is 11.3 Å². The van der Waals surface area contributed by atoms with Crippen molar-refractivity contribution in [2.45, 2.75) is 6.42 Å². The minimum atomic E-state index is -0.852. The van der Waals surface area contributed by atoms with Crippen LogP contribution in [0.15, 0.2) is 23.6 Å². The molecule has 21 heavy (non-hydrogen) atoms. The highest BCUT2D eigenvalue weighted by molar-refractivity contribution is 7.09. The molecule has 1 aliphatic heterocycles. The summed E-state index contributed by atoms with van der Waals surface area (Å²) in [4.78, 5) is 15.0. The Balaban J connectivity index is 1.63. The second kappa shape index (κ2) is 6.11. The number of aromatic nitrogens is 1. The molecule has 0 aliphatic carbocycles. The first-order valence-electron chi connectivity index (χ1n) is 6.49. The highest BCUT2D eigenvalue weighted by Crippen LogP contribution is 2.36. The lowest BCUT2D eigenvalue weighted by Gasteiger charge is -2.00. The smallest absolute Gasteiger partial charge is 0.317 e. The Bertz CT molecular complexity index is 656. The summed E-state index contributed by atoms with van der Waals surface area (Å²) in [5.74, 6) is 0.646. The third-order valence-electron chi connectivity index (χ3n) is 3.01. The van der Waals surface area contributed by atoms with Crippen LogP contribution in [-0.4, -0.2) is 35.9 Å². The molecule has 1 aromatic carbocycles. The van der Waals surface area contributed by atoms with Gasteiger partial charge in [-0.15, -0.1) is 11.3 Å². The number of aliphatic carboxylic acids is 1. The van der Waals surface area contributed by atoms with E-state index in [1.165, 1.54) is 0 Å². The van der Waals surface area contributed by atoms with Gasteiger partial charge in [0.15, 0.2) is 11.5 Å². The topological polar surface area (TPSA) is 80.7 Å². The van der Waals surface area contributed by atoms with Crippen LogP contribution in [0.4, 0.5) is 0 Å². The Labute approximate surface area is 125 Å². The fraction of sp³-hybridized carbons (Fsp3) is 0.286. The molecule has 2 aromatic rings. The molecule has 0 fully saturated rings. The van der Waals surface area contributed by atoms with E-state index in [4.69, 9.17) is 14.6 Å². The molecular formula is C14H14N2O4S. The van der Waals surface area contributed by atoms with Crippen LogP contribution in [-0.2, 0) is 11.2 Å². The lowest BCUT2D eigenvalue weighted by molar-refractivity contribution is -0.135. The van der Waals surface area contributed by atoms with Gasteiger partial charge in [-0.05, 0) is 18.2 Å². The maximum atomic E-state index is 10.4. The molecule has 6 nitrogen and oxygen atoms in total. The summed E-state index contributed by atoms with van der Waals surface area (Å²) in [5, 5.41) is 14.4. The van der Waals surface area contributed by atoms with Crippen LogP contribution in [0.25, 0.3) is 11.3 Å². The molecule has 1 aromatic heterocycles. The van der Waals surface area contributed by atoms with E-state index in [1.807, 2.05) is 23.6 Å². The number of rotatable bonds is 6. The minimum Gasteiger partial charge on any atom is -0.480 e. The summed E-state index contributed by atoms with van der Waals surface area (Å²) in [6, 6.07) is 5.75. The van der Waals surface area contributed by atoms with E-state index in [0.29, 0.717) is 13.0 Å². The number of benzene rings is 1. The fourth-order valence-electron chi connectivity index (χ4n) is 2.00. The number of thiazole rings is 1. The second-order valence-electron chi connectivity index (χ2n) is 4.52. The zero-order chi connectivity index (χ0) is 14.7. The second-order valence-corrected chi connectivity index (χ2v) is 5.46. The lowest BCUT2D eigenvalue weighted by Crippen LogP contribution is -2.24. The van der Waals surface area contributed by atoms with Gasteiger partial charge < -0.3 is 19.9 Å². The monoisotopic (exact) mass is 306 g/mol. The van der Waals surface area contributed by atoms with Crippen molar-refractivity contribution < 1.29 is 19.4 Å². The maximum Gasteiger partial charge on any atom is 0.317 e. The molecule has 0 spiro atoms. The van der Waals surface area contributed by atoms with Crippen LogP contribution in [0.5, 0.6) is 11.5 Å². The Morgan fingerprint density at radius 1 is 1.38 bits per heavy atom. The molecule has 0 saturated heterocycles. The predicted octanol–water partition coefficient (Wildman–Crippen LogP) is 1.76.